The molecule has 1 aromatic heterocycles. The second-order valence-electron chi connectivity index (χ2n) is 5.27. The molecule has 1 aliphatic heterocycles. The maximum absolute atomic E-state index is 12.3. The van der Waals surface area contributed by atoms with Crippen molar-refractivity contribution in [3.63, 3.8) is 0 Å². The third kappa shape index (κ3) is 2.59. The van der Waals surface area contributed by atoms with Crippen LogP contribution >= 0.6 is 15.9 Å². The molecule has 1 saturated carbocycles. The number of hydrogen-bond donors (Lipinski definition) is 0. The predicted octanol–water partition coefficient (Wildman–Crippen LogP) is 1.38. The molecule has 3 rings (SSSR count). The Hall–Kier alpha value is -1.70. The minimum Gasteiger partial charge on any atom is -0.270 e. The zero-order valence-electron chi connectivity index (χ0n) is 11.4. The molecule has 0 N–H and O–H groups in total. The maximum atomic E-state index is 12.3. The Morgan fingerprint density at radius 3 is 2.48 bits per heavy atom. The molecule has 4 amide bonds. The van der Waals surface area contributed by atoms with Crippen LogP contribution in [0.1, 0.15) is 25.7 Å². The lowest BCUT2D eigenvalue weighted by atomic mass is 10.2. The Morgan fingerprint density at radius 2 is 1.86 bits per heavy atom. The first-order valence-electron chi connectivity index (χ1n) is 6.95. The fourth-order valence-corrected chi connectivity index (χ4v) is 3.19. The van der Waals surface area contributed by atoms with Gasteiger partial charge in [0.2, 0.25) is 0 Å². The highest BCUT2D eigenvalue weighted by molar-refractivity contribution is 9.10. The summed E-state index contributed by atoms with van der Waals surface area (Å²) in [6.07, 6.45) is 6.97. The van der Waals surface area contributed by atoms with E-state index < -0.39 is 17.8 Å². The van der Waals surface area contributed by atoms with Crippen molar-refractivity contribution in [2.75, 3.05) is 6.54 Å². The van der Waals surface area contributed by atoms with Gasteiger partial charge in [-0.25, -0.2) is 4.79 Å². The SMILES string of the molecule is O=C1C(=O)N(C2CCCC2)C(=O)N1CCn1cc(Br)cn1. The van der Waals surface area contributed by atoms with Gasteiger partial charge in [0.15, 0.2) is 0 Å². The summed E-state index contributed by atoms with van der Waals surface area (Å²) in [6.45, 7) is 0.523. The van der Waals surface area contributed by atoms with Crippen LogP contribution in [0.3, 0.4) is 0 Å². The number of carbonyl (C=O) groups is 3. The van der Waals surface area contributed by atoms with Crippen molar-refractivity contribution in [2.24, 2.45) is 0 Å². The van der Waals surface area contributed by atoms with Crippen molar-refractivity contribution >= 4 is 33.8 Å². The second kappa shape index (κ2) is 5.59. The average molecular weight is 355 g/mol. The molecule has 2 fully saturated rings. The Kier molecular flexibility index (Phi) is 3.79. The lowest BCUT2D eigenvalue weighted by molar-refractivity contribution is -0.144. The summed E-state index contributed by atoms with van der Waals surface area (Å²) >= 11 is 3.28. The molecule has 0 radical (unpaired) electrons. The zero-order chi connectivity index (χ0) is 15.0. The molecule has 1 saturated heterocycles. The molecule has 112 valence electrons. The molecule has 0 spiro atoms. The van der Waals surface area contributed by atoms with Gasteiger partial charge in [-0.2, -0.15) is 5.10 Å². The van der Waals surface area contributed by atoms with Gasteiger partial charge in [0.05, 0.1) is 23.8 Å². The molecule has 0 atom stereocenters. The third-order valence-electron chi connectivity index (χ3n) is 3.93. The van der Waals surface area contributed by atoms with Gasteiger partial charge < -0.3 is 0 Å². The van der Waals surface area contributed by atoms with Crippen molar-refractivity contribution in [1.29, 1.82) is 0 Å². The molecule has 7 nitrogen and oxygen atoms in total. The Morgan fingerprint density at radius 1 is 1.14 bits per heavy atom. The van der Waals surface area contributed by atoms with Gasteiger partial charge in [0.25, 0.3) is 0 Å². The Balaban J connectivity index is 1.69. The fraction of sp³-hybridized carbons (Fsp3) is 0.538. The minimum atomic E-state index is -0.724. The Bertz CT molecular complexity index is 594. The van der Waals surface area contributed by atoms with E-state index in [1.54, 1.807) is 17.1 Å². The van der Waals surface area contributed by atoms with Crippen LogP contribution in [0.5, 0.6) is 0 Å². The summed E-state index contributed by atoms with van der Waals surface area (Å²) in [4.78, 5) is 38.5. The van der Waals surface area contributed by atoms with E-state index in [-0.39, 0.29) is 12.6 Å². The molecule has 8 heteroatoms. The molecule has 21 heavy (non-hydrogen) atoms. The first-order chi connectivity index (χ1) is 10.1. The number of imide groups is 2. The highest BCUT2D eigenvalue weighted by Crippen LogP contribution is 2.27. The summed E-state index contributed by atoms with van der Waals surface area (Å²) in [5, 5.41) is 4.06. The fourth-order valence-electron chi connectivity index (χ4n) is 2.87. The number of halogens is 1. The van der Waals surface area contributed by atoms with Gasteiger partial charge in [-0.3, -0.25) is 24.1 Å². The predicted molar refractivity (Wildman–Crippen MR) is 76.1 cm³/mol. The summed E-state index contributed by atoms with van der Waals surface area (Å²) in [7, 11) is 0. The van der Waals surface area contributed by atoms with Gasteiger partial charge in [-0.15, -0.1) is 0 Å². The number of nitrogens with zero attached hydrogens (tertiary/aromatic N) is 4. The minimum absolute atomic E-state index is 0.113. The third-order valence-corrected chi connectivity index (χ3v) is 4.34. The topological polar surface area (TPSA) is 75.5 Å². The smallest absolute Gasteiger partial charge is 0.270 e. The van der Waals surface area contributed by atoms with Crippen LogP contribution in [-0.2, 0) is 16.1 Å². The number of amides is 4. The normalized spacial score (nSPS) is 20.1. The highest BCUT2D eigenvalue weighted by Gasteiger charge is 2.47. The number of carbonyl (C=O) groups excluding carboxylic acids is 3. The summed E-state index contributed by atoms with van der Waals surface area (Å²) in [5.41, 5.74) is 0. The molecule has 0 unspecified atom stereocenters. The van der Waals surface area contributed by atoms with Crippen LogP contribution < -0.4 is 0 Å². The van der Waals surface area contributed by atoms with Gasteiger partial charge in [-0.1, -0.05) is 12.8 Å². The van der Waals surface area contributed by atoms with E-state index in [4.69, 9.17) is 0 Å². The van der Waals surface area contributed by atoms with Crippen LogP contribution in [0.15, 0.2) is 16.9 Å². The standard InChI is InChI=1S/C13H15BrN4O3/c14-9-7-15-16(8-9)5-6-17-11(19)12(20)18(13(17)21)10-3-1-2-4-10/h7-8,10H,1-6H2. The summed E-state index contributed by atoms with van der Waals surface area (Å²) < 4.78 is 2.44. The van der Waals surface area contributed by atoms with Crippen LogP contribution in [0.25, 0.3) is 0 Å². The molecule has 2 heterocycles. The summed E-state index contributed by atoms with van der Waals surface area (Å²) in [6, 6.07) is -0.596. The van der Waals surface area contributed by atoms with Gasteiger partial charge in [0.1, 0.15) is 0 Å². The van der Waals surface area contributed by atoms with Crippen LogP contribution in [0.4, 0.5) is 4.79 Å². The van der Waals surface area contributed by atoms with Crippen molar-refractivity contribution in [2.45, 2.75) is 38.3 Å². The van der Waals surface area contributed by atoms with Gasteiger partial charge in [-0.05, 0) is 28.8 Å². The lowest BCUT2D eigenvalue weighted by Gasteiger charge is -2.21. The quantitative estimate of drug-likeness (QED) is 0.604. The number of hydrogen-bond acceptors (Lipinski definition) is 4. The monoisotopic (exact) mass is 354 g/mol. The number of rotatable bonds is 4. The highest BCUT2D eigenvalue weighted by atomic mass is 79.9. The van der Waals surface area contributed by atoms with E-state index in [1.807, 2.05) is 0 Å². The van der Waals surface area contributed by atoms with E-state index in [2.05, 4.69) is 21.0 Å². The number of urea groups is 1. The molecule has 0 bridgehead atoms. The zero-order valence-corrected chi connectivity index (χ0v) is 13.0. The maximum Gasteiger partial charge on any atom is 0.334 e. The van der Waals surface area contributed by atoms with Crippen molar-refractivity contribution in [3.05, 3.63) is 16.9 Å². The lowest BCUT2D eigenvalue weighted by Crippen LogP contribution is -2.40. The second-order valence-corrected chi connectivity index (χ2v) is 6.19. The van der Waals surface area contributed by atoms with E-state index in [0.717, 1.165) is 40.0 Å². The largest absolute Gasteiger partial charge is 0.334 e. The molecule has 1 aromatic rings. The number of aromatic nitrogens is 2. The van der Waals surface area contributed by atoms with E-state index in [1.165, 1.54) is 0 Å². The Labute approximate surface area is 130 Å². The molecule has 1 aliphatic carbocycles. The van der Waals surface area contributed by atoms with Crippen molar-refractivity contribution < 1.29 is 14.4 Å². The first kappa shape index (κ1) is 14.2. The first-order valence-corrected chi connectivity index (χ1v) is 7.74. The van der Waals surface area contributed by atoms with E-state index in [0.29, 0.717) is 6.54 Å². The molecule has 2 aliphatic rings. The van der Waals surface area contributed by atoms with Crippen molar-refractivity contribution in [3.8, 4) is 0 Å². The van der Waals surface area contributed by atoms with Crippen molar-refractivity contribution in [1.82, 2.24) is 19.6 Å². The van der Waals surface area contributed by atoms with E-state index in [9.17, 15) is 14.4 Å². The van der Waals surface area contributed by atoms with Gasteiger partial charge >= 0.3 is 17.8 Å². The van der Waals surface area contributed by atoms with Crippen LogP contribution in [0.2, 0.25) is 0 Å². The van der Waals surface area contributed by atoms with Crippen LogP contribution in [0, 0.1) is 0 Å². The average Bonchev–Trinajstić information content (AvgIpc) is 3.14. The molecule has 0 aromatic carbocycles. The van der Waals surface area contributed by atoms with E-state index >= 15 is 0 Å². The van der Waals surface area contributed by atoms with Gasteiger partial charge in [0, 0.05) is 12.2 Å². The summed E-state index contributed by atoms with van der Waals surface area (Å²) in [5.74, 6) is -1.41. The molecular formula is C13H15BrN4O3. The molecular weight excluding hydrogens is 340 g/mol. The van der Waals surface area contributed by atoms with Crippen LogP contribution in [-0.4, -0.2) is 50.0 Å².